The Labute approximate surface area is 153 Å². The molecule has 0 bridgehead atoms. The van der Waals surface area contributed by atoms with Gasteiger partial charge in [-0.3, -0.25) is 9.59 Å². The van der Waals surface area contributed by atoms with E-state index in [4.69, 9.17) is 16.0 Å². The van der Waals surface area contributed by atoms with Crippen molar-refractivity contribution >= 4 is 29.1 Å². The first-order valence-electron chi connectivity index (χ1n) is 7.70. The van der Waals surface area contributed by atoms with E-state index < -0.39 is 11.7 Å². The fourth-order valence-corrected chi connectivity index (χ4v) is 2.58. The predicted octanol–water partition coefficient (Wildman–Crippen LogP) is 4.25. The van der Waals surface area contributed by atoms with Crippen molar-refractivity contribution in [3.05, 3.63) is 88.6 Å². The Hall–Kier alpha value is -3.12. The van der Waals surface area contributed by atoms with Gasteiger partial charge in [-0.1, -0.05) is 23.7 Å². The van der Waals surface area contributed by atoms with Crippen LogP contribution in [0.15, 0.2) is 65.3 Å². The van der Waals surface area contributed by atoms with Crippen LogP contribution in [0.1, 0.15) is 26.5 Å². The van der Waals surface area contributed by atoms with Gasteiger partial charge >= 0.3 is 0 Å². The molecule has 0 spiro atoms. The average molecular weight is 373 g/mol. The van der Waals surface area contributed by atoms with E-state index in [0.29, 0.717) is 11.4 Å². The summed E-state index contributed by atoms with van der Waals surface area (Å²) in [6.07, 6.45) is 1.52. The molecule has 1 heterocycles. The highest BCUT2D eigenvalue weighted by atomic mass is 35.5. The lowest BCUT2D eigenvalue weighted by atomic mass is 10.1. The lowest BCUT2D eigenvalue weighted by Crippen LogP contribution is -2.24. The minimum Gasteiger partial charge on any atom is -0.467 e. The van der Waals surface area contributed by atoms with Gasteiger partial charge in [-0.25, -0.2) is 4.39 Å². The maximum absolute atomic E-state index is 13.1. The maximum atomic E-state index is 13.1. The number of anilines is 1. The fourth-order valence-electron chi connectivity index (χ4n) is 2.33. The number of nitrogens with one attached hydrogen (secondary N) is 2. The molecule has 2 amide bonds. The summed E-state index contributed by atoms with van der Waals surface area (Å²) in [7, 11) is 0. The Morgan fingerprint density at radius 1 is 1.00 bits per heavy atom. The summed E-state index contributed by atoms with van der Waals surface area (Å²) < 4.78 is 18.3. The Bertz CT molecular complexity index is 942. The molecule has 1 aromatic heterocycles. The summed E-state index contributed by atoms with van der Waals surface area (Å²) >= 11 is 5.91. The van der Waals surface area contributed by atoms with E-state index in [9.17, 15) is 14.0 Å². The second-order valence-electron chi connectivity index (χ2n) is 5.39. The second-order valence-corrected chi connectivity index (χ2v) is 5.79. The number of benzene rings is 2. The smallest absolute Gasteiger partial charge is 0.257 e. The van der Waals surface area contributed by atoms with Crippen LogP contribution in [-0.4, -0.2) is 11.8 Å². The van der Waals surface area contributed by atoms with Crippen LogP contribution in [0.3, 0.4) is 0 Å². The topological polar surface area (TPSA) is 71.3 Å². The van der Waals surface area contributed by atoms with Crippen molar-refractivity contribution < 1.29 is 18.4 Å². The molecule has 0 aliphatic rings. The highest BCUT2D eigenvalue weighted by Crippen LogP contribution is 2.21. The monoisotopic (exact) mass is 372 g/mol. The number of hydrogen-bond donors (Lipinski definition) is 2. The minimum atomic E-state index is -0.540. The molecule has 2 aromatic carbocycles. The van der Waals surface area contributed by atoms with Crippen LogP contribution >= 0.6 is 11.6 Å². The van der Waals surface area contributed by atoms with Gasteiger partial charge in [0.1, 0.15) is 11.6 Å². The van der Waals surface area contributed by atoms with Crippen LogP contribution in [0, 0.1) is 5.82 Å². The summed E-state index contributed by atoms with van der Waals surface area (Å²) in [5.74, 6) is -0.842. The van der Waals surface area contributed by atoms with E-state index in [1.807, 2.05) is 0 Å². The lowest BCUT2D eigenvalue weighted by Gasteiger charge is -2.11. The first kappa shape index (κ1) is 17.7. The lowest BCUT2D eigenvalue weighted by molar-refractivity contribution is 0.0949. The molecule has 0 radical (unpaired) electrons. The zero-order chi connectivity index (χ0) is 18.5. The first-order chi connectivity index (χ1) is 12.5. The number of halogens is 2. The van der Waals surface area contributed by atoms with Gasteiger partial charge in [0.15, 0.2) is 0 Å². The third-order valence-corrected chi connectivity index (χ3v) is 3.91. The van der Waals surface area contributed by atoms with Crippen molar-refractivity contribution in [1.29, 1.82) is 0 Å². The molecule has 0 aliphatic carbocycles. The molecule has 0 fully saturated rings. The first-order valence-corrected chi connectivity index (χ1v) is 8.08. The molecule has 0 atom stereocenters. The molecule has 0 saturated carbocycles. The number of rotatable bonds is 5. The SMILES string of the molecule is O=C(Nc1ccccc1C(=O)NCc1ccco1)c1ccc(F)cc1Cl. The highest BCUT2D eigenvalue weighted by Gasteiger charge is 2.16. The van der Waals surface area contributed by atoms with Crippen LogP contribution in [0.2, 0.25) is 5.02 Å². The summed E-state index contributed by atoms with van der Waals surface area (Å²) in [6, 6.07) is 13.5. The van der Waals surface area contributed by atoms with E-state index in [2.05, 4.69) is 10.6 Å². The van der Waals surface area contributed by atoms with Crippen LogP contribution in [0.4, 0.5) is 10.1 Å². The third kappa shape index (κ3) is 4.10. The Kier molecular flexibility index (Phi) is 5.34. The number of amides is 2. The number of furan rings is 1. The summed E-state index contributed by atoms with van der Waals surface area (Å²) in [6.45, 7) is 0.220. The van der Waals surface area contributed by atoms with E-state index in [-0.39, 0.29) is 28.6 Å². The van der Waals surface area contributed by atoms with E-state index in [0.717, 1.165) is 12.1 Å². The van der Waals surface area contributed by atoms with Crippen molar-refractivity contribution in [2.75, 3.05) is 5.32 Å². The molecule has 5 nitrogen and oxygen atoms in total. The van der Waals surface area contributed by atoms with Gasteiger partial charge in [0.25, 0.3) is 11.8 Å². The van der Waals surface area contributed by atoms with Gasteiger partial charge in [-0.15, -0.1) is 0 Å². The minimum absolute atomic E-state index is 0.0118. The molecule has 0 unspecified atom stereocenters. The van der Waals surface area contributed by atoms with Gasteiger partial charge in [0.05, 0.1) is 34.6 Å². The van der Waals surface area contributed by atoms with Crippen LogP contribution < -0.4 is 10.6 Å². The molecule has 3 aromatic rings. The Morgan fingerprint density at radius 3 is 2.54 bits per heavy atom. The Balaban J connectivity index is 1.76. The van der Waals surface area contributed by atoms with Crippen LogP contribution in [-0.2, 0) is 6.54 Å². The molecule has 132 valence electrons. The molecule has 3 rings (SSSR count). The second kappa shape index (κ2) is 7.84. The average Bonchev–Trinajstić information content (AvgIpc) is 3.13. The highest BCUT2D eigenvalue weighted by molar-refractivity contribution is 6.34. The Morgan fingerprint density at radius 2 is 1.81 bits per heavy atom. The normalized spacial score (nSPS) is 10.4. The standard InChI is InChI=1S/C19H14ClFN2O3/c20-16-10-12(21)7-8-14(16)19(25)23-17-6-2-1-5-15(17)18(24)22-11-13-4-3-9-26-13/h1-10H,11H2,(H,22,24)(H,23,25). The van der Waals surface area contributed by atoms with E-state index >= 15 is 0 Å². The van der Waals surface area contributed by atoms with Crippen molar-refractivity contribution in [2.45, 2.75) is 6.54 Å². The summed E-state index contributed by atoms with van der Waals surface area (Å²) in [5, 5.41) is 5.33. The van der Waals surface area contributed by atoms with Gasteiger partial charge in [0, 0.05) is 0 Å². The number of carbonyl (C=O) groups is 2. The van der Waals surface area contributed by atoms with Crippen LogP contribution in [0.25, 0.3) is 0 Å². The quantitative estimate of drug-likeness (QED) is 0.703. The molecule has 0 aliphatic heterocycles. The van der Waals surface area contributed by atoms with E-state index in [1.165, 1.54) is 12.3 Å². The van der Waals surface area contributed by atoms with Crippen LogP contribution in [0.5, 0.6) is 0 Å². The van der Waals surface area contributed by atoms with Gasteiger partial charge in [-0.2, -0.15) is 0 Å². The van der Waals surface area contributed by atoms with Gasteiger partial charge in [-0.05, 0) is 42.5 Å². The van der Waals surface area contributed by atoms with Crippen molar-refractivity contribution in [1.82, 2.24) is 5.32 Å². The number of para-hydroxylation sites is 1. The predicted molar refractivity (Wildman–Crippen MR) is 95.7 cm³/mol. The van der Waals surface area contributed by atoms with Crippen molar-refractivity contribution in [2.24, 2.45) is 0 Å². The van der Waals surface area contributed by atoms with E-state index in [1.54, 1.807) is 36.4 Å². The molecule has 2 N–H and O–H groups in total. The zero-order valence-electron chi connectivity index (χ0n) is 13.5. The van der Waals surface area contributed by atoms with Crippen molar-refractivity contribution in [3.63, 3.8) is 0 Å². The van der Waals surface area contributed by atoms with Crippen molar-refractivity contribution in [3.8, 4) is 0 Å². The largest absolute Gasteiger partial charge is 0.467 e. The maximum Gasteiger partial charge on any atom is 0.257 e. The molecular formula is C19H14ClFN2O3. The number of hydrogen-bond acceptors (Lipinski definition) is 3. The van der Waals surface area contributed by atoms with Gasteiger partial charge in [0.2, 0.25) is 0 Å². The molecule has 26 heavy (non-hydrogen) atoms. The molecule has 7 heteroatoms. The molecular weight excluding hydrogens is 359 g/mol. The summed E-state index contributed by atoms with van der Waals surface area (Å²) in [5.41, 5.74) is 0.708. The zero-order valence-corrected chi connectivity index (χ0v) is 14.2. The number of carbonyl (C=O) groups excluding carboxylic acids is 2. The molecule has 0 saturated heterocycles. The third-order valence-electron chi connectivity index (χ3n) is 3.60. The van der Waals surface area contributed by atoms with Gasteiger partial charge < -0.3 is 15.1 Å². The summed E-state index contributed by atoms with van der Waals surface area (Å²) in [4.78, 5) is 24.8. The fraction of sp³-hybridized carbons (Fsp3) is 0.0526.